The van der Waals surface area contributed by atoms with Gasteiger partial charge in [-0.2, -0.15) is 0 Å². The van der Waals surface area contributed by atoms with Crippen LogP contribution in [-0.4, -0.2) is 28.4 Å². The van der Waals surface area contributed by atoms with Gasteiger partial charge in [0.2, 0.25) is 0 Å². The Balaban J connectivity index is 2.40. The molecule has 0 saturated carbocycles. The Hall–Kier alpha value is -1.52. The van der Waals surface area contributed by atoms with Crippen LogP contribution >= 0.6 is 11.6 Å². The van der Waals surface area contributed by atoms with Crippen molar-refractivity contribution >= 4 is 11.6 Å². The molecule has 5 heteroatoms. The number of halogens is 1. The summed E-state index contributed by atoms with van der Waals surface area (Å²) in [6.07, 6.45) is 0.499. The quantitative estimate of drug-likeness (QED) is 0.924. The summed E-state index contributed by atoms with van der Waals surface area (Å²) in [6, 6.07) is 7.62. The van der Waals surface area contributed by atoms with Gasteiger partial charge in [0.05, 0.1) is 12.8 Å². The molecule has 1 heterocycles. The van der Waals surface area contributed by atoms with Gasteiger partial charge in [-0.1, -0.05) is 11.6 Å². The average Bonchev–Trinajstić information content (AvgIpc) is 2.67. The topological polar surface area (TPSA) is 47.3 Å². The zero-order valence-electron chi connectivity index (χ0n) is 10.4. The number of benzene rings is 1. The molecule has 0 amide bonds. The van der Waals surface area contributed by atoms with Crippen LogP contribution in [0.1, 0.15) is 5.69 Å². The van der Waals surface area contributed by atoms with Crippen LogP contribution in [0.2, 0.25) is 5.15 Å². The Bertz CT molecular complexity index is 535. The minimum atomic E-state index is 0.0569. The van der Waals surface area contributed by atoms with Crippen molar-refractivity contribution in [1.29, 1.82) is 0 Å². The molecule has 0 radical (unpaired) electrons. The zero-order valence-corrected chi connectivity index (χ0v) is 11.1. The summed E-state index contributed by atoms with van der Waals surface area (Å²) >= 11 is 6.07. The molecule has 2 rings (SSSR count). The van der Waals surface area contributed by atoms with Crippen LogP contribution < -0.4 is 4.74 Å². The summed E-state index contributed by atoms with van der Waals surface area (Å²) in [5, 5.41) is 9.44. The van der Waals surface area contributed by atoms with E-state index >= 15 is 0 Å². The number of rotatable bonds is 4. The van der Waals surface area contributed by atoms with E-state index in [9.17, 15) is 0 Å². The highest BCUT2D eigenvalue weighted by Crippen LogP contribution is 2.26. The van der Waals surface area contributed by atoms with Crippen molar-refractivity contribution in [2.24, 2.45) is 7.05 Å². The van der Waals surface area contributed by atoms with Crippen molar-refractivity contribution in [3.63, 3.8) is 0 Å². The number of hydrogen-bond donors (Lipinski definition) is 1. The highest BCUT2D eigenvalue weighted by Gasteiger charge is 2.13. The fourth-order valence-corrected chi connectivity index (χ4v) is 2.18. The lowest BCUT2D eigenvalue weighted by molar-refractivity contribution is 0.297. The molecule has 1 N–H and O–H groups in total. The van der Waals surface area contributed by atoms with E-state index in [4.69, 9.17) is 21.4 Å². The molecule has 2 aromatic rings. The number of hydrogen-bond acceptors (Lipinski definition) is 3. The van der Waals surface area contributed by atoms with Crippen LogP contribution in [0.3, 0.4) is 0 Å². The summed E-state index contributed by atoms with van der Waals surface area (Å²) in [6.45, 7) is 0.0569. The van der Waals surface area contributed by atoms with Crippen molar-refractivity contribution in [2.75, 3.05) is 13.7 Å². The Morgan fingerprint density at radius 3 is 2.56 bits per heavy atom. The number of aliphatic hydroxyl groups excluding tert-OH is 1. The molecule has 0 unspecified atom stereocenters. The van der Waals surface area contributed by atoms with Gasteiger partial charge in [-0.05, 0) is 24.3 Å². The molecule has 96 valence electrons. The van der Waals surface area contributed by atoms with E-state index in [2.05, 4.69) is 4.98 Å². The van der Waals surface area contributed by atoms with Crippen molar-refractivity contribution < 1.29 is 9.84 Å². The van der Waals surface area contributed by atoms with Gasteiger partial charge >= 0.3 is 0 Å². The van der Waals surface area contributed by atoms with Gasteiger partial charge < -0.3 is 14.4 Å². The Kier molecular flexibility index (Phi) is 3.89. The highest BCUT2D eigenvalue weighted by molar-refractivity contribution is 6.30. The molecule has 0 saturated heterocycles. The monoisotopic (exact) mass is 266 g/mol. The maximum absolute atomic E-state index is 9.00. The summed E-state index contributed by atoms with van der Waals surface area (Å²) in [4.78, 5) is 4.33. The summed E-state index contributed by atoms with van der Waals surface area (Å²) < 4.78 is 7.02. The van der Waals surface area contributed by atoms with Gasteiger partial charge in [-0.25, -0.2) is 4.98 Å². The molecule has 0 spiro atoms. The molecular weight excluding hydrogens is 252 g/mol. The van der Waals surface area contributed by atoms with Crippen LogP contribution in [0.15, 0.2) is 24.3 Å². The van der Waals surface area contributed by atoms with Crippen LogP contribution in [-0.2, 0) is 13.5 Å². The van der Waals surface area contributed by atoms with E-state index in [-0.39, 0.29) is 6.61 Å². The highest BCUT2D eigenvalue weighted by atomic mass is 35.5. The second-order valence-corrected chi connectivity index (χ2v) is 4.29. The Morgan fingerprint density at radius 2 is 2.00 bits per heavy atom. The molecule has 18 heavy (non-hydrogen) atoms. The zero-order chi connectivity index (χ0) is 13.1. The van der Waals surface area contributed by atoms with Gasteiger partial charge in [-0.3, -0.25) is 0 Å². The summed E-state index contributed by atoms with van der Waals surface area (Å²) in [5.41, 5.74) is 1.80. The average molecular weight is 267 g/mol. The van der Waals surface area contributed by atoms with Crippen molar-refractivity contribution in [3.8, 4) is 17.1 Å². The van der Waals surface area contributed by atoms with Gasteiger partial charge in [0.25, 0.3) is 0 Å². The van der Waals surface area contributed by atoms with Crippen LogP contribution in [0, 0.1) is 0 Å². The van der Waals surface area contributed by atoms with Crippen molar-refractivity contribution in [2.45, 2.75) is 6.42 Å². The molecule has 1 aromatic heterocycles. The fraction of sp³-hybridized carbons (Fsp3) is 0.308. The molecule has 4 nitrogen and oxygen atoms in total. The van der Waals surface area contributed by atoms with E-state index in [1.807, 2.05) is 35.9 Å². The molecule has 0 atom stereocenters. The second kappa shape index (κ2) is 5.42. The molecule has 0 aliphatic heterocycles. The van der Waals surface area contributed by atoms with E-state index in [1.165, 1.54) is 0 Å². The number of ether oxygens (including phenoxy) is 1. The number of aliphatic hydroxyl groups is 1. The first-order chi connectivity index (χ1) is 8.67. The Labute approximate surface area is 111 Å². The van der Waals surface area contributed by atoms with Gasteiger partial charge in [-0.15, -0.1) is 0 Å². The smallest absolute Gasteiger partial charge is 0.151 e. The first kappa shape index (κ1) is 12.9. The number of methoxy groups -OCH3 is 1. The lowest BCUT2D eigenvalue weighted by Crippen LogP contribution is -2.01. The third kappa shape index (κ3) is 2.35. The molecule has 0 bridgehead atoms. The largest absolute Gasteiger partial charge is 0.497 e. The minimum Gasteiger partial charge on any atom is -0.497 e. The molecule has 0 aliphatic rings. The van der Waals surface area contributed by atoms with Crippen molar-refractivity contribution in [3.05, 3.63) is 35.1 Å². The predicted octanol–water partition coefficient (Wildman–Crippen LogP) is 2.28. The lowest BCUT2D eigenvalue weighted by atomic mass is 10.2. The maximum atomic E-state index is 9.00. The van der Waals surface area contributed by atoms with Gasteiger partial charge in [0, 0.05) is 25.6 Å². The first-order valence-corrected chi connectivity index (χ1v) is 6.01. The second-order valence-electron chi connectivity index (χ2n) is 3.93. The third-order valence-corrected chi connectivity index (χ3v) is 3.16. The maximum Gasteiger partial charge on any atom is 0.151 e. The van der Waals surface area contributed by atoms with Crippen LogP contribution in [0.5, 0.6) is 5.75 Å². The molecule has 0 aliphatic carbocycles. The van der Waals surface area contributed by atoms with E-state index in [0.717, 1.165) is 22.8 Å². The Morgan fingerprint density at radius 1 is 1.33 bits per heavy atom. The van der Waals surface area contributed by atoms with Gasteiger partial charge in [0.15, 0.2) is 5.15 Å². The number of aromatic nitrogens is 2. The number of nitrogens with zero attached hydrogens (tertiary/aromatic N) is 2. The minimum absolute atomic E-state index is 0.0569. The SMILES string of the molecule is COc1ccc(-c2nc(Cl)c(CCO)n2C)cc1. The third-order valence-electron chi connectivity index (χ3n) is 2.86. The normalized spacial score (nSPS) is 10.7. The fourth-order valence-electron chi connectivity index (χ4n) is 1.87. The molecule has 0 fully saturated rings. The van der Waals surface area contributed by atoms with Gasteiger partial charge in [0.1, 0.15) is 11.6 Å². The van der Waals surface area contributed by atoms with E-state index in [0.29, 0.717) is 11.6 Å². The molecular formula is C13H15ClN2O2. The van der Waals surface area contributed by atoms with Crippen LogP contribution in [0.4, 0.5) is 0 Å². The first-order valence-electron chi connectivity index (χ1n) is 5.63. The van der Waals surface area contributed by atoms with E-state index < -0.39 is 0 Å². The summed E-state index contributed by atoms with van der Waals surface area (Å²) in [7, 11) is 3.52. The standard InChI is InChI=1S/C13H15ClN2O2/c1-16-11(7-8-17)12(14)15-13(16)9-3-5-10(18-2)6-4-9/h3-6,17H,7-8H2,1-2H3. The van der Waals surface area contributed by atoms with Crippen LogP contribution in [0.25, 0.3) is 11.4 Å². The number of imidazole rings is 1. The lowest BCUT2D eigenvalue weighted by Gasteiger charge is -2.06. The molecule has 1 aromatic carbocycles. The van der Waals surface area contributed by atoms with Crippen molar-refractivity contribution in [1.82, 2.24) is 9.55 Å². The summed E-state index contributed by atoms with van der Waals surface area (Å²) in [5.74, 6) is 1.58. The van der Waals surface area contributed by atoms with E-state index in [1.54, 1.807) is 7.11 Å². The predicted molar refractivity (Wildman–Crippen MR) is 71.0 cm³/mol.